The van der Waals surface area contributed by atoms with Crippen LogP contribution in [0.1, 0.15) is 31.2 Å². The molecule has 1 aliphatic carbocycles. The lowest BCUT2D eigenvalue weighted by Crippen LogP contribution is -2.41. The first kappa shape index (κ1) is 11.7. The first-order chi connectivity index (χ1) is 7.65. The summed E-state index contributed by atoms with van der Waals surface area (Å²) in [5.74, 6) is 0.914. The van der Waals surface area contributed by atoms with Crippen LogP contribution in [0.15, 0.2) is 18.2 Å². The van der Waals surface area contributed by atoms with Crippen molar-refractivity contribution in [2.75, 3.05) is 6.54 Å². The van der Waals surface area contributed by atoms with E-state index in [1.807, 2.05) is 25.1 Å². The van der Waals surface area contributed by atoms with Gasteiger partial charge >= 0.3 is 0 Å². The van der Waals surface area contributed by atoms with Gasteiger partial charge < -0.3 is 10.5 Å². The van der Waals surface area contributed by atoms with Crippen LogP contribution in [0.3, 0.4) is 0 Å². The Morgan fingerprint density at radius 2 is 2.06 bits per heavy atom. The summed E-state index contributed by atoms with van der Waals surface area (Å²) in [6.07, 6.45) is 4.55. The molecule has 2 rings (SSSR count). The van der Waals surface area contributed by atoms with Crippen molar-refractivity contribution in [2.45, 2.75) is 38.2 Å². The van der Waals surface area contributed by atoms with Crippen molar-refractivity contribution < 1.29 is 4.74 Å². The van der Waals surface area contributed by atoms with Gasteiger partial charge in [0, 0.05) is 11.6 Å². The highest BCUT2D eigenvalue weighted by molar-refractivity contribution is 6.30. The van der Waals surface area contributed by atoms with Gasteiger partial charge in [0.25, 0.3) is 0 Å². The maximum absolute atomic E-state index is 6.11. The molecular weight excluding hydrogens is 222 g/mol. The van der Waals surface area contributed by atoms with Crippen molar-refractivity contribution in [3.05, 3.63) is 28.8 Å². The number of rotatable bonds is 3. The third-order valence-corrected chi connectivity index (χ3v) is 3.59. The van der Waals surface area contributed by atoms with Gasteiger partial charge in [0.15, 0.2) is 0 Å². The molecule has 16 heavy (non-hydrogen) atoms. The Hall–Kier alpha value is -0.730. The van der Waals surface area contributed by atoms with Crippen molar-refractivity contribution in [3.63, 3.8) is 0 Å². The van der Waals surface area contributed by atoms with E-state index in [2.05, 4.69) is 0 Å². The maximum atomic E-state index is 6.11. The molecule has 0 atom stereocenters. The summed E-state index contributed by atoms with van der Waals surface area (Å²) in [6.45, 7) is 2.61. The van der Waals surface area contributed by atoms with E-state index in [9.17, 15) is 0 Å². The zero-order chi connectivity index (χ0) is 11.6. The highest BCUT2D eigenvalue weighted by Gasteiger charge is 2.34. The largest absolute Gasteiger partial charge is 0.486 e. The normalized spacial score (nSPS) is 18.7. The smallest absolute Gasteiger partial charge is 0.123 e. The number of aryl methyl sites for hydroxylation is 1. The summed E-state index contributed by atoms with van der Waals surface area (Å²) in [7, 11) is 0. The van der Waals surface area contributed by atoms with Crippen molar-refractivity contribution in [3.8, 4) is 5.75 Å². The van der Waals surface area contributed by atoms with Gasteiger partial charge in [-0.25, -0.2) is 0 Å². The summed E-state index contributed by atoms with van der Waals surface area (Å²) in [5, 5.41) is 0.748. The van der Waals surface area contributed by atoms with E-state index in [0.29, 0.717) is 6.54 Å². The van der Waals surface area contributed by atoms with E-state index in [4.69, 9.17) is 22.1 Å². The fourth-order valence-electron chi connectivity index (χ4n) is 2.33. The van der Waals surface area contributed by atoms with Gasteiger partial charge in [-0.15, -0.1) is 0 Å². The van der Waals surface area contributed by atoms with Crippen LogP contribution in [0.5, 0.6) is 5.75 Å². The number of benzene rings is 1. The predicted molar refractivity (Wildman–Crippen MR) is 67.1 cm³/mol. The second-order valence-electron chi connectivity index (χ2n) is 4.61. The van der Waals surface area contributed by atoms with Crippen LogP contribution in [0.4, 0.5) is 0 Å². The molecule has 1 fully saturated rings. The van der Waals surface area contributed by atoms with Gasteiger partial charge in [-0.2, -0.15) is 0 Å². The minimum Gasteiger partial charge on any atom is -0.486 e. The standard InChI is InChI=1S/C13H18ClNO/c1-10-8-11(14)4-5-12(10)16-13(9-15)6-2-3-7-13/h4-5,8H,2-3,6-7,9,15H2,1H3. The van der Waals surface area contributed by atoms with Gasteiger partial charge in [-0.3, -0.25) is 0 Å². The minimum atomic E-state index is -0.140. The summed E-state index contributed by atoms with van der Waals surface area (Å²) < 4.78 is 6.11. The molecule has 1 saturated carbocycles. The highest BCUT2D eigenvalue weighted by Crippen LogP contribution is 2.35. The van der Waals surface area contributed by atoms with E-state index < -0.39 is 0 Å². The number of halogens is 1. The minimum absolute atomic E-state index is 0.140. The fourth-order valence-corrected chi connectivity index (χ4v) is 2.55. The Bertz CT molecular complexity index is 372. The number of ether oxygens (including phenoxy) is 1. The lowest BCUT2D eigenvalue weighted by molar-refractivity contribution is 0.0844. The van der Waals surface area contributed by atoms with Crippen LogP contribution >= 0.6 is 11.6 Å². The molecule has 88 valence electrons. The average molecular weight is 240 g/mol. The Labute approximate surface area is 102 Å². The predicted octanol–water partition coefficient (Wildman–Crippen LogP) is 3.30. The molecular formula is C13H18ClNO. The van der Waals surface area contributed by atoms with Crippen molar-refractivity contribution in [2.24, 2.45) is 5.73 Å². The fraction of sp³-hybridized carbons (Fsp3) is 0.538. The molecule has 1 aromatic carbocycles. The number of nitrogens with two attached hydrogens (primary N) is 1. The van der Waals surface area contributed by atoms with Gasteiger partial charge in [0.1, 0.15) is 11.4 Å². The first-order valence-electron chi connectivity index (χ1n) is 5.80. The summed E-state index contributed by atoms with van der Waals surface area (Å²) in [6, 6.07) is 5.73. The molecule has 1 aromatic rings. The second kappa shape index (κ2) is 4.64. The van der Waals surface area contributed by atoms with E-state index in [-0.39, 0.29) is 5.60 Å². The molecule has 0 spiro atoms. The van der Waals surface area contributed by atoms with E-state index in [1.54, 1.807) is 0 Å². The molecule has 0 heterocycles. The third kappa shape index (κ3) is 2.33. The highest BCUT2D eigenvalue weighted by atomic mass is 35.5. The molecule has 0 amide bonds. The van der Waals surface area contributed by atoms with Gasteiger partial charge in [0.2, 0.25) is 0 Å². The SMILES string of the molecule is Cc1cc(Cl)ccc1OC1(CN)CCCC1. The van der Waals surface area contributed by atoms with E-state index >= 15 is 0 Å². The van der Waals surface area contributed by atoms with Gasteiger partial charge in [0.05, 0.1) is 0 Å². The van der Waals surface area contributed by atoms with Crippen LogP contribution in [0.2, 0.25) is 5.02 Å². The molecule has 0 saturated heterocycles. The Balaban J connectivity index is 2.19. The van der Waals surface area contributed by atoms with Crippen LogP contribution < -0.4 is 10.5 Å². The molecule has 2 N–H and O–H groups in total. The Morgan fingerprint density at radius 3 is 2.62 bits per heavy atom. The molecule has 0 bridgehead atoms. The average Bonchev–Trinajstić information content (AvgIpc) is 2.72. The zero-order valence-electron chi connectivity index (χ0n) is 9.63. The molecule has 2 nitrogen and oxygen atoms in total. The summed E-state index contributed by atoms with van der Waals surface area (Å²) in [4.78, 5) is 0. The van der Waals surface area contributed by atoms with Crippen LogP contribution in [-0.4, -0.2) is 12.1 Å². The van der Waals surface area contributed by atoms with E-state index in [0.717, 1.165) is 29.2 Å². The summed E-state index contributed by atoms with van der Waals surface area (Å²) >= 11 is 5.92. The number of hydrogen-bond donors (Lipinski definition) is 1. The lowest BCUT2D eigenvalue weighted by atomic mass is 10.0. The zero-order valence-corrected chi connectivity index (χ0v) is 10.4. The van der Waals surface area contributed by atoms with Gasteiger partial charge in [-0.1, -0.05) is 11.6 Å². The van der Waals surface area contributed by atoms with Crippen molar-refractivity contribution in [1.82, 2.24) is 0 Å². The Morgan fingerprint density at radius 1 is 1.38 bits per heavy atom. The molecule has 0 unspecified atom stereocenters. The van der Waals surface area contributed by atoms with Crippen LogP contribution in [0.25, 0.3) is 0 Å². The molecule has 0 aliphatic heterocycles. The van der Waals surface area contributed by atoms with Crippen molar-refractivity contribution >= 4 is 11.6 Å². The first-order valence-corrected chi connectivity index (χ1v) is 6.18. The monoisotopic (exact) mass is 239 g/mol. The maximum Gasteiger partial charge on any atom is 0.123 e. The van der Waals surface area contributed by atoms with Gasteiger partial charge in [-0.05, 0) is 56.4 Å². The molecule has 1 aliphatic rings. The lowest BCUT2D eigenvalue weighted by Gasteiger charge is -2.29. The van der Waals surface area contributed by atoms with Crippen LogP contribution in [-0.2, 0) is 0 Å². The third-order valence-electron chi connectivity index (χ3n) is 3.35. The quantitative estimate of drug-likeness (QED) is 0.879. The Kier molecular flexibility index (Phi) is 3.41. The topological polar surface area (TPSA) is 35.2 Å². The van der Waals surface area contributed by atoms with Crippen molar-refractivity contribution in [1.29, 1.82) is 0 Å². The van der Waals surface area contributed by atoms with Crippen LogP contribution in [0, 0.1) is 6.92 Å². The van der Waals surface area contributed by atoms with E-state index in [1.165, 1.54) is 12.8 Å². The molecule has 0 aromatic heterocycles. The molecule has 0 radical (unpaired) electrons. The molecule has 3 heteroatoms. The second-order valence-corrected chi connectivity index (χ2v) is 5.04. The summed E-state index contributed by atoms with van der Waals surface area (Å²) in [5.41, 5.74) is 6.78. The number of hydrogen-bond acceptors (Lipinski definition) is 2.